The second-order valence-corrected chi connectivity index (χ2v) is 5.94. The van der Waals surface area contributed by atoms with E-state index in [-0.39, 0.29) is 6.73 Å². The molecule has 0 fully saturated rings. The highest BCUT2D eigenvalue weighted by atomic mass is 16.5. The van der Waals surface area contributed by atoms with Gasteiger partial charge in [0.25, 0.3) is 0 Å². The molecule has 0 amide bonds. The van der Waals surface area contributed by atoms with Crippen molar-refractivity contribution < 1.29 is 19.3 Å². The zero-order valence-electron chi connectivity index (χ0n) is 16.7. The molecule has 0 aliphatic carbocycles. The van der Waals surface area contributed by atoms with Gasteiger partial charge >= 0.3 is 0 Å². The molecule has 150 valence electrons. The van der Waals surface area contributed by atoms with E-state index in [2.05, 4.69) is 21.9 Å². The fourth-order valence-corrected chi connectivity index (χ4v) is 1.96. The van der Waals surface area contributed by atoms with E-state index >= 15 is 0 Å². The van der Waals surface area contributed by atoms with E-state index in [0.29, 0.717) is 37.9 Å². The van der Waals surface area contributed by atoms with Crippen molar-refractivity contribution in [2.45, 2.75) is 32.9 Å². The molecule has 10 heteroatoms. The molecule has 0 saturated heterocycles. The van der Waals surface area contributed by atoms with Crippen molar-refractivity contribution in [3.63, 3.8) is 0 Å². The second kappa shape index (κ2) is 11.8. The number of methoxy groups -OCH3 is 2. The number of anilines is 3. The van der Waals surface area contributed by atoms with Crippen LogP contribution >= 0.6 is 0 Å². The van der Waals surface area contributed by atoms with E-state index in [1.54, 1.807) is 42.9 Å². The molecule has 0 saturated carbocycles. The van der Waals surface area contributed by atoms with E-state index < -0.39 is 6.23 Å². The summed E-state index contributed by atoms with van der Waals surface area (Å²) in [6.45, 7) is 5.28. The minimum absolute atomic E-state index is 0.265. The van der Waals surface area contributed by atoms with Crippen LogP contribution in [0.25, 0.3) is 0 Å². The van der Waals surface area contributed by atoms with Gasteiger partial charge in [0.05, 0.1) is 0 Å². The van der Waals surface area contributed by atoms with Gasteiger partial charge < -0.3 is 29.1 Å². The van der Waals surface area contributed by atoms with Crippen LogP contribution in [0.3, 0.4) is 0 Å². The van der Waals surface area contributed by atoms with Gasteiger partial charge in [0, 0.05) is 34.9 Å². The van der Waals surface area contributed by atoms with Crippen molar-refractivity contribution >= 4 is 17.8 Å². The first-order valence-corrected chi connectivity index (χ1v) is 8.63. The van der Waals surface area contributed by atoms with Crippen molar-refractivity contribution in [3.05, 3.63) is 0 Å². The Morgan fingerprint density at radius 2 is 1.58 bits per heavy atom. The third-order valence-corrected chi connectivity index (χ3v) is 3.60. The summed E-state index contributed by atoms with van der Waals surface area (Å²) in [5.41, 5.74) is 0. The van der Waals surface area contributed by atoms with Crippen molar-refractivity contribution in [2.24, 2.45) is 0 Å². The number of aliphatic hydroxyl groups excluding tert-OH is 1. The quantitative estimate of drug-likeness (QED) is 0.397. The second-order valence-electron chi connectivity index (χ2n) is 5.94. The monoisotopic (exact) mass is 372 g/mol. The topological polar surface area (TPSA) is 96.3 Å². The van der Waals surface area contributed by atoms with Crippen LogP contribution in [-0.4, -0.2) is 81.4 Å². The molecule has 1 rings (SSSR count). The molecule has 1 atom stereocenters. The van der Waals surface area contributed by atoms with Crippen molar-refractivity contribution in [3.8, 4) is 0 Å². The van der Waals surface area contributed by atoms with Crippen LogP contribution in [0.2, 0.25) is 0 Å². The van der Waals surface area contributed by atoms with Gasteiger partial charge in [0.2, 0.25) is 17.8 Å². The molecule has 1 aromatic heterocycles. The van der Waals surface area contributed by atoms with E-state index in [9.17, 15) is 5.11 Å². The highest BCUT2D eigenvalue weighted by Gasteiger charge is 2.19. The van der Waals surface area contributed by atoms with Gasteiger partial charge in [-0.2, -0.15) is 15.0 Å². The van der Waals surface area contributed by atoms with Crippen LogP contribution in [-0.2, 0) is 14.2 Å². The van der Waals surface area contributed by atoms with Crippen LogP contribution < -0.4 is 14.7 Å². The Morgan fingerprint density at radius 1 is 0.962 bits per heavy atom. The zero-order valence-corrected chi connectivity index (χ0v) is 16.7. The minimum atomic E-state index is -0.748. The number of nitrogens with zero attached hydrogens (tertiary/aromatic N) is 6. The number of rotatable bonds is 13. The Hall–Kier alpha value is -1.75. The van der Waals surface area contributed by atoms with Crippen molar-refractivity contribution in [1.29, 1.82) is 0 Å². The van der Waals surface area contributed by atoms with Crippen LogP contribution in [0, 0.1) is 0 Å². The third-order valence-electron chi connectivity index (χ3n) is 3.60. The van der Waals surface area contributed by atoms with Crippen LogP contribution in [0.15, 0.2) is 0 Å². The van der Waals surface area contributed by atoms with Gasteiger partial charge in [-0.25, -0.2) is 0 Å². The van der Waals surface area contributed by atoms with Crippen LogP contribution in [0.1, 0.15) is 26.7 Å². The number of ether oxygens (including phenoxy) is 3. The van der Waals surface area contributed by atoms with E-state index in [4.69, 9.17) is 14.2 Å². The van der Waals surface area contributed by atoms with Gasteiger partial charge in [0.1, 0.15) is 26.4 Å². The summed E-state index contributed by atoms with van der Waals surface area (Å²) in [7, 11) is 6.72. The zero-order chi connectivity index (χ0) is 19.5. The Balaban J connectivity index is 3.13. The first kappa shape index (κ1) is 22.3. The average molecular weight is 372 g/mol. The standard InChI is InChI=1S/C16H32N6O4/c1-7-8-9-26-12-22(11-25-6)16-18-14(20(3)10-24-5)17-15(19-16)21(4)13(2)23/h13,23H,7-12H2,1-6H3. The summed E-state index contributed by atoms with van der Waals surface area (Å²) >= 11 is 0. The summed E-state index contributed by atoms with van der Waals surface area (Å²) in [5.74, 6) is 1.17. The Bertz CT molecular complexity index is 520. The molecular formula is C16H32N6O4. The van der Waals surface area contributed by atoms with Gasteiger partial charge in [0.15, 0.2) is 0 Å². The van der Waals surface area contributed by atoms with Crippen molar-refractivity contribution in [2.75, 3.05) is 69.8 Å². The lowest BCUT2D eigenvalue weighted by atomic mass is 10.4. The van der Waals surface area contributed by atoms with Gasteiger partial charge in [-0.3, -0.25) is 4.90 Å². The smallest absolute Gasteiger partial charge is 0.235 e. The molecule has 0 radical (unpaired) electrons. The summed E-state index contributed by atoms with van der Waals surface area (Å²) in [6.07, 6.45) is 1.30. The lowest BCUT2D eigenvalue weighted by Crippen LogP contribution is -2.35. The molecule has 0 spiro atoms. The van der Waals surface area contributed by atoms with Crippen molar-refractivity contribution in [1.82, 2.24) is 15.0 Å². The molecule has 10 nitrogen and oxygen atoms in total. The molecule has 1 heterocycles. The summed E-state index contributed by atoms with van der Waals surface area (Å²) < 4.78 is 16.1. The first-order chi connectivity index (χ1) is 12.4. The number of aliphatic hydroxyl groups is 1. The number of hydrogen-bond acceptors (Lipinski definition) is 10. The number of unbranched alkanes of at least 4 members (excludes halogenated alkanes) is 1. The highest BCUT2D eigenvalue weighted by Crippen LogP contribution is 2.19. The fraction of sp³-hybridized carbons (Fsp3) is 0.812. The lowest BCUT2D eigenvalue weighted by Gasteiger charge is -2.26. The molecule has 26 heavy (non-hydrogen) atoms. The summed E-state index contributed by atoms with van der Waals surface area (Å²) in [4.78, 5) is 18.4. The van der Waals surface area contributed by atoms with Gasteiger partial charge in [-0.05, 0) is 13.3 Å². The minimum Gasteiger partial charge on any atom is -0.374 e. The molecule has 0 aliphatic rings. The number of aromatic nitrogens is 3. The maximum absolute atomic E-state index is 9.86. The summed E-state index contributed by atoms with van der Waals surface area (Å²) in [5, 5.41) is 9.86. The normalized spacial score (nSPS) is 12.1. The van der Waals surface area contributed by atoms with E-state index in [0.717, 1.165) is 12.8 Å². The SMILES string of the molecule is CCCCOCN(COC)c1nc(N(C)COC)nc(N(C)C(C)O)n1. The Kier molecular flexibility index (Phi) is 10.1. The van der Waals surface area contributed by atoms with Crippen LogP contribution in [0.4, 0.5) is 17.8 Å². The lowest BCUT2D eigenvalue weighted by molar-refractivity contribution is 0.101. The summed E-state index contributed by atoms with van der Waals surface area (Å²) in [6, 6.07) is 0. The fourth-order valence-electron chi connectivity index (χ4n) is 1.96. The van der Waals surface area contributed by atoms with E-state index in [1.165, 1.54) is 0 Å². The predicted molar refractivity (Wildman–Crippen MR) is 100 cm³/mol. The van der Waals surface area contributed by atoms with Gasteiger partial charge in [-0.15, -0.1) is 0 Å². The van der Waals surface area contributed by atoms with E-state index in [1.807, 2.05) is 7.05 Å². The molecule has 1 aromatic rings. The maximum Gasteiger partial charge on any atom is 0.235 e. The first-order valence-electron chi connectivity index (χ1n) is 8.63. The molecule has 1 unspecified atom stereocenters. The largest absolute Gasteiger partial charge is 0.374 e. The predicted octanol–water partition coefficient (Wildman–Crippen LogP) is 0.871. The third kappa shape index (κ3) is 6.87. The molecule has 0 bridgehead atoms. The van der Waals surface area contributed by atoms with Crippen LogP contribution in [0.5, 0.6) is 0 Å². The molecule has 0 aromatic carbocycles. The Labute approximate surface area is 155 Å². The Morgan fingerprint density at radius 3 is 2.15 bits per heavy atom. The van der Waals surface area contributed by atoms with Gasteiger partial charge in [-0.1, -0.05) is 13.3 Å². The highest BCUT2D eigenvalue weighted by molar-refractivity contribution is 5.45. The average Bonchev–Trinajstić information content (AvgIpc) is 2.63. The number of hydrogen-bond donors (Lipinski definition) is 1. The maximum atomic E-state index is 9.86. The molecule has 1 N–H and O–H groups in total. The molecular weight excluding hydrogens is 340 g/mol. The molecule has 0 aliphatic heterocycles.